The Kier molecular flexibility index (Phi) is 3.40. The molecule has 0 spiro atoms. The Hall–Kier alpha value is -1.59. The summed E-state index contributed by atoms with van der Waals surface area (Å²) in [6, 6.07) is 12.3. The molecule has 0 aliphatic heterocycles. The number of rotatable bonds is 3. The van der Waals surface area contributed by atoms with Gasteiger partial charge in [0.1, 0.15) is 5.52 Å². The first-order chi connectivity index (χ1) is 9.24. The molecular formula is C14H12BrN3S. The molecular weight excluding hydrogens is 322 g/mol. The van der Waals surface area contributed by atoms with Gasteiger partial charge in [-0.05, 0) is 29.8 Å². The van der Waals surface area contributed by atoms with Crippen LogP contribution in [0.25, 0.3) is 10.2 Å². The second-order valence-electron chi connectivity index (χ2n) is 4.21. The van der Waals surface area contributed by atoms with Gasteiger partial charge in [-0.1, -0.05) is 28.1 Å². The zero-order chi connectivity index (χ0) is 13.2. The maximum atomic E-state index is 6.13. The van der Waals surface area contributed by atoms with Crippen molar-refractivity contribution in [1.29, 1.82) is 0 Å². The number of thiazole rings is 1. The molecule has 1 aromatic heterocycles. The average Bonchev–Trinajstić information content (AvgIpc) is 2.87. The van der Waals surface area contributed by atoms with Gasteiger partial charge in [0.15, 0.2) is 0 Å². The summed E-state index contributed by atoms with van der Waals surface area (Å²) in [5, 5.41) is 3.36. The number of nitrogens with one attached hydrogen (secondary N) is 1. The predicted octanol–water partition coefficient (Wildman–Crippen LogP) is 4.25. The van der Waals surface area contributed by atoms with Crippen molar-refractivity contribution >= 4 is 48.9 Å². The number of nitrogen functional groups attached to an aromatic ring is 1. The van der Waals surface area contributed by atoms with Gasteiger partial charge in [0, 0.05) is 11.0 Å². The number of hydrogen-bond donors (Lipinski definition) is 2. The van der Waals surface area contributed by atoms with Gasteiger partial charge in [-0.15, -0.1) is 11.3 Å². The average molecular weight is 334 g/mol. The van der Waals surface area contributed by atoms with E-state index in [2.05, 4.69) is 38.4 Å². The monoisotopic (exact) mass is 333 g/mol. The Morgan fingerprint density at radius 1 is 1.26 bits per heavy atom. The minimum absolute atomic E-state index is 0.716. The summed E-state index contributed by atoms with van der Waals surface area (Å²) < 4.78 is 2.19. The first-order valence-corrected chi connectivity index (χ1v) is 7.51. The Morgan fingerprint density at radius 3 is 3.00 bits per heavy atom. The van der Waals surface area contributed by atoms with Crippen molar-refractivity contribution in [3.63, 3.8) is 0 Å². The van der Waals surface area contributed by atoms with E-state index >= 15 is 0 Å². The number of anilines is 2. The Labute approximate surface area is 123 Å². The lowest BCUT2D eigenvalue weighted by atomic mass is 10.2. The fourth-order valence-electron chi connectivity index (χ4n) is 1.95. The van der Waals surface area contributed by atoms with Crippen LogP contribution in [0, 0.1) is 0 Å². The fraction of sp³-hybridized carbons (Fsp3) is 0.0714. The van der Waals surface area contributed by atoms with Crippen LogP contribution in [-0.4, -0.2) is 4.98 Å². The highest BCUT2D eigenvalue weighted by molar-refractivity contribution is 9.10. The quantitative estimate of drug-likeness (QED) is 0.704. The first kappa shape index (κ1) is 12.4. The van der Waals surface area contributed by atoms with E-state index in [4.69, 9.17) is 5.73 Å². The van der Waals surface area contributed by atoms with E-state index in [1.54, 1.807) is 11.3 Å². The third kappa shape index (κ3) is 2.57. The molecule has 0 unspecified atom stereocenters. The van der Waals surface area contributed by atoms with Gasteiger partial charge >= 0.3 is 0 Å². The van der Waals surface area contributed by atoms with Crippen molar-refractivity contribution in [3.05, 3.63) is 51.9 Å². The zero-order valence-electron chi connectivity index (χ0n) is 10.1. The van der Waals surface area contributed by atoms with Crippen LogP contribution in [0.1, 0.15) is 5.56 Å². The maximum Gasteiger partial charge on any atom is 0.106 e. The lowest BCUT2D eigenvalue weighted by Crippen LogP contribution is -2.02. The Balaban J connectivity index is 1.83. The number of halogens is 1. The molecule has 3 rings (SSSR count). The molecule has 5 heteroatoms. The Bertz CT molecular complexity index is 724. The predicted molar refractivity (Wildman–Crippen MR) is 85.5 cm³/mol. The van der Waals surface area contributed by atoms with E-state index in [1.807, 2.05) is 29.8 Å². The molecule has 3 N–H and O–H groups in total. The molecule has 19 heavy (non-hydrogen) atoms. The summed E-state index contributed by atoms with van der Waals surface area (Å²) in [6.45, 7) is 0.735. The van der Waals surface area contributed by atoms with Crippen molar-refractivity contribution in [2.24, 2.45) is 0 Å². The van der Waals surface area contributed by atoms with E-state index in [9.17, 15) is 0 Å². The van der Waals surface area contributed by atoms with Crippen LogP contribution < -0.4 is 11.1 Å². The van der Waals surface area contributed by atoms with Crippen molar-refractivity contribution < 1.29 is 0 Å². The van der Waals surface area contributed by atoms with E-state index in [0.717, 1.165) is 26.9 Å². The molecule has 0 aliphatic rings. The minimum Gasteiger partial charge on any atom is -0.395 e. The number of benzene rings is 2. The third-order valence-corrected chi connectivity index (χ3v) is 4.20. The molecule has 0 radical (unpaired) electrons. The smallest absolute Gasteiger partial charge is 0.106 e. The van der Waals surface area contributed by atoms with Gasteiger partial charge in [0.05, 0.1) is 21.6 Å². The lowest BCUT2D eigenvalue weighted by Gasteiger charge is -2.10. The highest BCUT2D eigenvalue weighted by Crippen LogP contribution is 2.30. The molecule has 3 aromatic rings. The maximum absolute atomic E-state index is 6.13. The van der Waals surface area contributed by atoms with E-state index in [1.165, 1.54) is 5.56 Å². The summed E-state index contributed by atoms with van der Waals surface area (Å²) in [6.07, 6.45) is 0. The van der Waals surface area contributed by atoms with Gasteiger partial charge in [-0.2, -0.15) is 0 Å². The van der Waals surface area contributed by atoms with Gasteiger partial charge in [-0.3, -0.25) is 0 Å². The number of fused-ring (bicyclic) bond motifs is 1. The molecule has 2 aromatic carbocycles. The molecule has 96 valence electrons. The van der Waals surface area contributed by atoms with E-state index in [-0.39, 0.29) is 0 Å². The SMILES string of the molecule is Nc1c(NCc2cccc(Br)c2)ccc2scnc12. The van der Waals surface area contributed by atoms with Crippen LogP contribution >= 0.6 is 27.3 Å². The standard InChI is InChI=1S/C14H12BrN3S/c15-10-3-1-2-9(6-10)7-17-11-4-5-12-14(13(11)16)18-8-19-12/h1-6,8,17H,7,16H2. The van der Waals surface area contributed by atoms with Gasteiger partial charge in [0.2, 0.25) is 0 Å². The van der Waals surface area contributed by atoms with Gasteiger partial charge in [-0.25, -0.2) is 4.98 Å². The summed E-state index contributed by atoms with van der Waals surface area (Å²) in [5.74, 6) is 0. The summed E-state index contributed by atoms with van der Waals surface area (Å²) >= 11 is 5.07. The largest absolute Gasteiger partial charge is 0.395 e. The first-order valence-electron chi connectivity index (χ1n) is 5.84. The normalized spacial score (nSPS) is 10.8. The second kappa shape index (κ2) is 5.19. The molecule has 0 bridgehead atoms. The van der Waals surface area contributed by atoms with Crippen molar-refractivity contribution in [1.82, 2.24) is 4.98 Å². The minimum atomic E-state index is 0.716. The molecule has 0 atom stereocenters. The lowest BCUT2D eigenvalue weighted by molar-refractivity contribution is 1.15. The number of nitrogens with zero attached hydrogens (tertiary/aromatic N) is 1. The van der Waals surface area contributed by atoms with Crippen LogP contribution in [0.2, 0.25) is 0 Å². The molecule has 3 nitrogen and oxygen atoms in total. The van der Waals surface area contributed by atoms with Crippen LogP contribution in [0.3, 0.4) is 0 Å². The molecule has 0 fully saturated rings. The fourth-order valence-corrected chi connectivity index (χ4v) is 3.09. The topological polar surface area (TPSA) is 50.9 Å². The molecule has 0 aliphatic carbocycles. The van der Waals surface area contributed by atoms with Crippen LogP contribution in [0.5, 0.6) is 0 Å². The summed E-state index contributed by atoms with van der Waals surface area (Å²) in [7, 11) is 0. The van der Waals surface area contributed by atoms with Crippen molar-refractivity contribution in [3.8, 4) is 0 Å². The van der Waals surface area contributed by atoms with Gasteiger partial charge in [0.25, 0.3) is 0 Å². The van der Waals surface area contributed by atoms with Crippen LogP contribution in [-0.2, 0) is 6.54 Å². The van der Waals surface area contributed by atoms with Gasteiger partial charge < -0.3 is 11.1 Å². The van der Waals surface area contributed by atoms with Crippen LogP contribution in [0.4, 0.5) is 11.4 Å². The van der Waals surface area contributed by atoms with Crippen LogP contribution in [0.15, 0.2) is 46.4 Å². The molecule has 0 saturated carbocycles. The van der Waals surface area contributed by atoms with Crippen molar-refractivity contribution in [2.45, 2.75) is 6.54 Å². The van der Waals surface area contributed by atoms with E-state index < -0.39 is 0 Å². The summed E-state index contributed by atoms with van der Waals surface area (Å²) in [5.41, 5.74) is 11.7. The Morgan fingerprint density at radius 2 is 2.16 bits per heavy atom. The number of nitrogens with two attached hydrogens (primary N) is 1. The third-order valence-electron chi connectivity index (χ3n) is 2.91. The highest BCUT2D eigenvalue weighted by atomic mass is 79.9. The van der Waals surface area contributed by atoms with E-state index in [0.29, 0.717) is 5.69 Å². The molecule has 1 heterocycles. The summed E-state index contributed by atoms with van der Waals surface area (Å²) in [4.78, 5) is 4.29. The second-order valence-corrected chi connectivity index (χ2v) is 6.01. The molecule has 0 amide bonds. The number of aromatic nitrogens is 1. The molecule has 0 saturated heterocycles. The zero-order valence-corrected chi connectivity index (χ0v) is 12.5. The van der Waals surface area contributed by atoms with Crippen molar-refractivity contribution in [2.75, 3.05) is 11.1 Å². The number of hydrogen-bond acceptors (Lipinski definition) is 4. The highest BCUT2D eigenvalue weighted by Gasteiger charge is 2.06.